The molecule has 0 aromatic carbocycles. The zero-order valence-electron chi connectivity index (χ0n) is 47.1. The molecule has 2 fully saturated rings. The molecule has 0 aromatic rings. The number of carbonyl (C=O) groups excluding carboxylic acids is 2. The van der Waals surface area contributed by atoms with E-state index in [1.807, 2.05) is 0 Å². The maximum absolute atomic E-state index is 13.4. The average Bonchev–Trinajstić information content (AvgIpc) is 3.40. The molecule has 0 bridgehead atoms. The maximum Gasteiger partial charge on any atom is 0.249 e. The molecular formula is C58H112N2O15. The van der Waals surface area contributed by atoms with E-state index in [1.54, 1.807) is 0 Å². The van der Waals surface area contributed by atoms with Crippen LogP contribution in [-0.4, -0.2) is 163 Å². The van der Waals surface area contributed by atoms with Crippen molar-refractivity contribution in [3.05, 3.63) is 0 Å². The van der Waals surface area contributed by atoms with E-state index >= 15 is 0 Å². The lowest BCUT2D eigenvalue weighted by atomic mass is 9.95. The van der Waals surface area contributed by atoms with Crippen LogP contribution in [0, 0.1) is 0 Å². The summed E-state index contributed by atoms with van der Waals surface area (Å²) in [7, 11) is 0. The van der Waals surface area contributed by atoms with Gasteiger partial charge in [-0.2, -0.15) is 0 Å². The highest BCUT2D eigenvalue weighted by atomic mass is 16.7. The molecule has 0 radical (unpaired) electrons. The number of aliphatic hydroxyl groups is 9. The van der Waals surface area contributed by atoms with Crippen LogP contribution in [0.5, 0.6) is 0 Å². The number of rotatable bonds is 48. The molecule has 0 aliphatic carbocycles. The number of hydrogen-bond acceptors (Lipinski definition) is 15. The number of carbonyl (C=O) groups is 2. The highest BCUT2D eigenvalue weighted by Crippen LogP contribution is 2.30. The summed E-state index contributed by atoms with van der Waals surface area (Å²) in [5.74, 6) is -1.37. The van der Waals surface area contributed by atoms with Gasteiger partial charge in [-0.05, 0) is 12.8 Å². The van der Waals surface area contributed by atoms with Crippen LogP contribution in [-0.2, 0) is 28.5 Å². The fourth-order valence-electron chi connectivity index (χ4n) is 10.5. The van der Waals surface area contributed by atoms with Crippen molar-refractivity contribution in [3.63, 3.8) is 0 Å². The Hall–Kier alpha value is -1.58. The molecule has 75 heavy (non-hydrogen) atoms. The summed E-state index contributed by atoms with van der Waals surface area (Å²) in [6.07, 6.45) is 23.0. The molecule has 2 heterocycles. The number of hydrogen-bond donors (Lipinski definition) is 11. The first-order chi connectivity index (χ1) is 36.3. The molecule has 17 nitrogen and oxygen atoms in total. The van der Waals surface area contributed by atoms with E-state index in [4.69, 9.17) is 18.9 Å². The molecule has 0 aromatic heterocycles. The quantitative estimate of drug-likeness (QED) is 0.0265. The van der Waals surface area contributed by atoms with Crippen molar-refractivity contribution >= 4 is 11.8 Å². The summed E-state index contributed by atoms with van der Waals surface area (Å²) in [5, 5.41) is 102. The Morgan fingerprint density at radius 1 is 0.493 bits per heavy atom. The number of unbranched alkanes of at least 4 members (excludes halogenated alkanes) is 32. The SMILES string of the molecule is CCCCCCCCCCCCCCCCCCCCCCCC(O)C(=O)NC(COC1OC(CO)C(OC2OC(CO)C(O)C(O)C2NC(C)=O)C(O)C1O)C(O)C(O)CCCCCCCCCCCCCCC. The van der Waals surface area contributed by atoms with Crippen LogP contribution in [0.3, 0.4) is 0 Å². The van der Waals surface area contributed by atoms with Crippen LogP contribution in [0.15, 0.2) is 0 Å². The first-order valence-electron chi connectivity index (χ1n) is 30.4. The Morgan fingerprint density at radius 2 is 0.880 bits per heavy atom. The van der Waals surface area contributed by atoms with Crippen LogP contribution in [0.4, 0.5) is 0 Å². The molecule has 2 rings (SSSR count). The van der Waals surface area contributed by atoms with Crippen LogP contribution < -0.4 is 10.6 Å². The molecule has 2 aliphatic heterocycles. The lowest BCUT2D eigenvalue weighted by Gasteiger charge is -2.47. The zero-order valence-corrected chi connectivity index (χ0v) is 47.1. The molecule has 2 saturated heterocycles. The largest absolute Gasteiger partial charge is 0.394 e. The fraction of sp³-hybridized carbons (Fsp3) is 0.966. The van der Waals surface area contributed by atoms with E-state index in [0.717, 1.165) is 51.9 Å². The Balaban J connectivity index is 1.87. The number of nitrogens with one attached hydrogen (secondary N) is 2. The summed E-state index contributed by atoms with van der Waals surface area (Å²) in [5.41, 5.74) is 0. The maximum atomic E-state index is 13.4. The minimum atomic E-state index is -1.86. The smallest absolute Gasteiger partial charge is 0.249 e. The third-order valence-electron chi connectivity index (χ3n) is 15.4. The van der Waals surface area contributed by atoms with E-state index in [2.05, 4.69) is 24.5 Å². The lowest BCUT2D eigenvalue weighted by molar-refractivity contribution is -0.347. The Bertz CT molecular complexity index is 1370. The van der Waals surface area contributed by atoms with Gasteiger partial charge in [0.15, 0.2) is 12.6 Å². The van der Waals surface area contributed by atoms with Crippen molar-refractivity contribution in [1.82, 2.24) is 10.6 Å². The highest BCUT2D eigenvalue weighted by Gasteiger charge is 2.51. The molecule has 444 valence electrons. The second-order valence-electron chi connectivity index (χ2n) is 22.2. The van der Waals surface area contributed by atoms with E-state index in [-0.39, 0.29) is 12.8 Å². The molecule has 0 spiro atoms. The Kier molecular flexibility index (Phi) is 41.0. The van der Waals surface area contributed by atoms with Crippen LogP contribution in [0.25, 0.3) is 0 Å². The average molecular weight is 1080 g/mol. The van der Waals surface area contributed by atoms with Crippen molar-refractivity contribution in [1.29, 1.82) is 0 Å². The van der Waals surface area contributed by atoms with E-state index in [0.29, 0.717) is 12.8 Å². The van der Waals surface area contributed by atoms with Gasteiger partial charge in [-0.1, -0.05) is 232 Å². The fourth-order valence-corrected chi connectivity index (χ4v) is 10.5. The summed E-state index contributed by atoms with van der Waals surface area (Å²) in [6.45, 7) is 3.60. The predicted octanol–water partition coefficient (Wildman–Crippen LogP) is 7.42. The number of amides is 2. The first kappa shape index (κ1) is 69.5. The molecule has 11 N–H and O–H groups in total. The minimum Gasteiger partial charge on any atom is -0.394 e. The second-order valence-corrected chi connectivity index (χ2v) is 22.2. The molecule has 17 heteroatoms. The normalized spacial score (nSPS) is 25.7. The van der Waals surface area contributed by atoms with Crippen molar-refractivity contribution in [2.75, 3.05) is 19.8 Å². The summed E-state index contributed by atoms with van der Waals surface area (Å²) < 4.78 is 23.2. The van der Waals surface area contributed by atoms with Gasteiger partial charge in [0.1, 0.15) is 61.0 Å². The van der Waals surface area contributed by atoms with Crippen molar-refractivity contribution in [2.24, 2.45) is 0 Å². The van der Waals surface area contributed by atoms with Gasteiger partial charge >= 0.3 is 0 Å². The highest BCUT2D eigenvalue weighted by molar-refractivity contribution is 5.80. The third-order valence-corrected chi connectivity index (χ3v) is 15.4. The predicted molar refractivity (Wildman–Crippen MR) is 291 cm³/mol. The summed E-state index contributed by atoms with van der Waals surface area (Å²) in [6, 6.07) is -2.67. The zero-order chi connectivity index (χ0) is 55.1. The van der Waals surface area contributed by atoms with Crippen LogP contribution in [0.2, 0.25) is 0 Å². The lowest BCUT2D eigenvalue weighted by Crippen LogP contribution is -2.67. The van der Waals surface area contributed by atoms with E-state index in [1.165, 1.54) is 161 Å². The summed E-state index contributed by atoms with van der Waals surface area (Å²) in [4.78, 5) is 25.4. The van der Waals surface area contributed by atoms with E-state index in [9.17, 15) is 55.5 Å². The van der Waals surface area contributed by atoms with Gasteiger partial charge in [-0.25, -0.2) is 0 Å². The van der Waals surface area contributed by atoms with Gasteiger partial charge in [0, 0.05) is 6.92 Å². The topological polar surface area (TPSA) is 277 Å². The Labute approximate surface area is 453 Å². The second kappa shape index (κ2) is 44.2. The molecule has 14 atom stereocenters. The number of aliphatic hydroxyl groups excluding tert-OH is 9. The van der Waals surface area contributed by atoms with Crippen molar-refractivity contribution in [2.45, 2.75) is 338 Å². The van der Waals surface area contributed by atoms with Gasteiger partial charge in [0.2, 0.25) is 11.8 Å². The molecular weight excluding hydrogens is 965 g/mol. The minimum absolute atomic E-state index is 0.203. The van der Waals surface area contributed by atoms with Crippen molar-refractivity contribution in [3.8, 4) is 0 Å². The van der Waals surface area contributed by atoms with Crippen molar-refractivity contribution < 1.29 is 74.5 Å². The van der Waals surface area contributed by atoms with E-state index < -0.39 is 117 Å². The molecule has 14 unspecified atom stereocenters. The number of ether oxygens (including phenoxy) is 4. The molecule has 0 saturated carbocycles. The third kappa shape index (κ3) is 30.0. The Morgan fingerprint density at radius 3 is 1.28 bits per heavy atom. The van der Waals surface area contributed by atoms with Gasteiger partial charge in [0.25, 0.3) is 0 Å². The standard InChI is InChI=1S/C58H112N2O15/c1-4-6-8-10-12-14-16-18-19-20-21-22-23-24-25-27-29-31-33-35-37-39-46(65)56(71)60-44(50(66)45(64)38-36-34-32-30-28-26-17-15-13-11-9-7-5-2)42-72-58-54(70)53(69)55(48(41-62)74-58)75-57-49(59-43(3)63)52(68)51(67)47(40-61)73-57/h44-55,57-58,61-62,64-70H,4-42H2,1-3H3,(H,59,63)(H,60,71). The van der Waals surface area contributed by atoms with Gasteiger partial charge in [0.05, 0.1) is 32.0 Å². The van der Waals surface area contributed by atoms with Gasteiger partial charge < -0.3 is 75.5 Å². The van der Waals surface area contributed by atoms with Gasteiger partial charge in [-0.3, -0.25) is 9.59 Å². The summed E-state index contributed by atoms with van der Waals surface area (Å²) >= 11 is 0. The van der Waals surface area contributed by atoms with Crippen LogP contribution in [0.1, 0.15) is 252 Å². The van der Waals surface area contributed by atoms with Crippen LogP contribution >= 0.6 is 0 Å². The molecule has 2 aliphatic rings. The monoisotopic (exact) mass is 1080 g/mol. The van der Waals surface area contributed by atoms with Gasteiger partial charge in [-0.15, -0.1) is 0 Å². The molecule has 2 amide bonds. The first-order valence-corrected chi connectivity index (χ1v) is 30.4.